The van der Waals surface area contributed by atoms with Crippen LogP contribution in [0, 0.1) is 18.6 Å². The van der Waals surface area contributed by atoms with Gasteiger partial charge in [0.25, 0.3) is 0 Å². The van der Waals surface area contributed by atoms with Gasteiger partial charge in [0.1, 0.15) is 6.61 Å². The van der Waals surface area contributed by atoms with Gasteiger partial charge in [-0.05, 0) is 48.4 Å². The highest BCUT2D eigenvalue weighted by Gasteiger charge is 2.19. The van der Waals surface area contributed by atoms with Gasteiger partial charge in [-0.2, -0.15) is 5.10 Å². The largest absolute Gasteiger partial charge is 0.483 e. The molecule has 0 saturated heterocycles. The topological polar surface area (TPSA) is 27.1 Å². The van der Waals surface area contributed by atoms with E-state index < -0.39 is 17.4 Å². The molecule has 0 spiro atoms. The standard InChI is InChI=1S/C23H16Cl2F2N2O/c1-14-12-28-29(21-8-7-17(24)11-18(21)25)22(14)16-9-19(26)23(20(27)10-16)30-13-15-5-3-2-4-6-15/h2-12H,13H2,1H3. The molecule has 0 atom stereocenters. The van der Waals surface area contributed by atoms with E-state index >= 15 is 0 Å². The molecule has 4 rings (SSSR count). The van der Waals surface area contributed by atoms with Gasteiger partial charge in [-0.1, -0.05) is 53.5 Å². The summed E-state index contributed by atoms with van der Waals surface area (Å²) in [5, 5.41) is 5.17. The van der Waals surface area contributed by atoms with E-state index in [0.29, 0.717) is 27.0 Å². The summed E-state index contributed by atoms with van der Waals surface area (Å²) in [4.78, 5) is 0. The zero-order chi connectivity index (χ0) is 21.3. The van der Waals surface area contributed by atoms with Gasteiger partial charge in [-0.25, -0.2) is 13.5 Å². The molecule has 4 aromatic rings. The first-order valence-corrected chi connectivity index (χ1v) is 9.86. The number of aryl methyl sites for hydroxylation is 1. The van der Waals surface area contributed by atoms with E-state index in [4.69, 9.17) is 27.9 Å². The van der Waals surface area contributed by atoms with Crippen molar-refractivity contribution in [3.05, 3.63) is 99.7 Å². The Balaban J connectivity index is 1.71. The predicted molar refractivity (Wildman–Crippen MR) is 114 cm³/mol. The van der Waals surface area contributed by atoms with E-state index in [-0.39, 0.29) is 6.61 Å². The molecule has 0 unspecified atom stereocenters. The van der Waals surface area contributed by atoms with E-state index in [1.165, 1.54) is 16.8 Å². The van der Waals surface area contributed by atoms with E-state index in [9.17, 15) is 8.78 Å². The lowest BCUT2D eigenvalue weighted by molar-refractivity contribution is 0.274. The molecule has 1 heterocycles. The van der Waals surface area contributed by atoms with Crippen molar-refractivity contribution in [2.45, 2.75) is 13.5 Å². The van der Waals surface area contributed by atoms with Crippen LogP contribution in [-0.4, -0.2) is 9.78 Å². The number of ether oxygens (including phenoxy) is 1. The molecule has 3 nitrogen and oxygen atoms in total. The fraction of sp³-hybridized carbons (Fsp3) is 0.0870. The molecular formula is C23H16Cl2F2N2O. The minimum Gasteiger partial charge on any atom is -0.483 e. The van der Waals surface area contributed by atoms with Crippen molar-refractivity contribution in [3.63, 3.8) is 0 Å². The minimum absolute atomic E-state index is 0.0609. The molecule has 0 aliphatic rings. The van der Waals surface area contributed by atoms with Gasteiger partial charge in [0.2, 0.25) is 0 Å². The zero-order valence-electron chi connectivity index (χ0n) is 15.9. The van der Waals surface area contributed by atoms with E-state index in [1.54, 1.807) is 31.3 Å². The number of benzene rings is 3. The summed E-state index contributed by atoms with van der Waals surface area (Å²) in [5.74, 6) is -2.01. The lowest BCUT2D eigenvalue weighted by Crippen LogP contribution is -2.03. The molecule has 0 fully saturated rings. The van der Waals surface area contributed by atoms with Crippen LogP contribution in [0.1, 0.15) is 11.1 Å². The van der Waals surface area contributed by atoms with Crippen LogP contribution in [0.15, 0.2) is 66.9 Å². The molecule has 0 amide bonds. The molecule has 0 N–H and O–H groups in total. The monoisotopic (exact) mass is 444 g/mol. The van der Waals surface area contributed by atoms with Gasteiger partial charge < -0.3 is 4.74 Å². The van der Waals surface area contributed by atoms with E-state index in [1.807, 2.05) is 30.3 Å². The van der Waals surface area contributed by atoms with Crippen LogP contribution in [0.5, 0.6) is 5.75 Å². The van der Waals surface area contributed by atoms with Crippen LogP contribution < -0.4 is 4.74 Å². The van der Waals surface area contributed by atoms with Crippen molar-refractivity contribution in [1.29, 1.82) is 0 Å². The number of halogens is 4. The summed E-state index contributed by atoms with van der Waals surface area (Å²) in [6.45, 7) is 1.86. The summed E-state index contributed by atoms with van der Waals surface area (Å²) < 4.78 is 36.5. The van der Waals surface area contributed by atoms with Crippen molar-refractivity contribution in [3.8, 4) is 22.7 Å². The number of rotatable bonds is 5. The third-order valence-electron chi connectivity index (χ3n) is 4.59. The van der Waals surface area contributed by atoms with Crippen LogP contribution >= 0.6 is 23.2 Å². The summed E-state index contributed by atoms with van der Waals surface area (Å²) in [7, 11) is 0. The number of aromatic nitrogens is 2. The summed E-state index contributed by atoms with van der Waals surface area (Å²) >= 11 is 12.3. The Morgan fingerprint density at radius 3 is 2.33 bits per heavy atom. The first kappa shape index (κ1) is 20.4. The quantitative estimate of drug-likeness (QED) is 0.330. The molecule has 0 radical (unpaired) electrons. The summed E-state index contributed by atoms with van der Waals surface area (Å²) in [5.41, 5.74) is 2.93. The van der Waals surface area contributed by atoms with Gasteiger partial charge >= 0.3 is 0 Å². The van der Waals surface area contributed by atoms with Crippen LogP contribution in [-0.2, 0) is 6.61 Å². The molecule has 152 valence electrons. The highest BCUT2D eigenvalue weighted by atomic mass is 35.5. The normalized spacial score (nSPS) is 11.0. The van der Waals surface area contributed by atoms with E-state index in [0.717, 1.165) is 11.1 Å². The maximum absolute atomic E-state index is 14.8. The smallest absolute Gasteiger partial charge is 0.191 e. The molecule has 7 heteroatoms. The fourth-order valence-corrected chi connectivity index (χ4v) is 3.67. The average molecular weight is 445 g/mol. The highest BCUT2D eigenvalue weighted by Crippen LogP contribution is 2.34. The molecule has 0 aliphatic heterocycles. The lowest BCUT2D eigenvalue weighted by atomic mass is 10.1. The molecule has 0 aliphatic carbocycles. The predicted octanol–water partition coefficient (Wildman–Crippen LogP) is 7.01. The maximum atomic E-state index is 14.8. The Labute approximate surface area is 182 Å². The first-order valence-electron chi connectivity index (χ1n) is 9.10. The van der Waals surface area contributed by atoms with Crippen LogP contribution in [0.4, 0.5) is 8.78 Å². The Bertz CT molecular complexity index is 1190. The number of nitrogens with zero attached hydrogens (tertiary/aromatic N) is 2. The van der Waals surface area contributed by atoms with Crippen molar-refractivity contribution in [2.24, 2.45) is 0 Å². The second-order valence-corrected chi connectivity index (χ2v) is 7.57. The van der Waals surface area contributed by atoms with Gasteiger partial charge in [-0.3, -0.25) is 0 Å². The second-order valence-electron chi connectivity index (χ2n) is 6.73. The van der Waals surface area contributed by atoms with Crippen molar-refractivity contribution < 1.29 is 13.5 Å². The second kappa shape index (κ2) is 8.46. The Kier molecular flexibility index (Phi) is 5.75. The SMILES string of the molecule is Cc1cnn(-c2ccc(Cl)cc2Cl)c1-c1cc(F)c(OCc2ccccc2)c(F)c1. The van der Waals surface area contributed by atoms with Gasteiger partial charge in [0.05, 0.1) is 22.6 Å². The molecule has 0 bridgehead atoms. The fourth-order valence-electron chi connectivity index (χ4n) is 3.18. The van der Waals surface area contributed by atoms with Gasteiger partial charge in [0.15, 0.2) is 17.4 Å². The lowest BCUT2D eigenvalue weighted by Gasteiger charge is -2.13. The molecule has 1 aromatic heterocycles. The first-order chi connectivity index (χ1) is 14.4. The molecule has 3 aromatic carbocycles. The van der Waals surface area contributed by atoms with Crippen molar-refractivity contribution >= 4 is 23.2 Å². The average Bonchev–Trinajstić information content (AvgIpc) is 3.09. The zero-order valence-corrected chi connectivity index (χ0v) is 17.4. The van der Waals surface area contributed by atoms with Crippen molar-refractivity contribution in [1.82, 2.24) is 9.78 Å². The van der Waals surface area contributed by atoms with Gasteiger partial charge in [-0.15, -0.1) is 0 Å². The van der Waals surface area contributed by atoms with Crippen LogP contribution in [0.2, 0.25) is 10.0 Å². The minimum atomic E-state index is -0.796. The summed E-state index contributed by atoms with van der Waals surface area (Å²) in [6, 6.07) is 16.6. The van der Waals surface area contributed by atoms with E-state index in [2.05, 4.69) is 5.10 Å². The Hall–Kier alpha value is -2.89. The number of hydrogen-bond donors (Lipinski definition) is 0. The van der Waals surface area contributed by atoms with Crippen LogP contribution in [0.3, 0.4) is 0 Å². The third-order valence-corrected chi connectivity index (χ3v) is 5.13. The Morgan fingerprint density at radius 1 is 0.967 bits per heavy atom. The molecule has 0 saturated carbocycles. The molecule has 30 heavy (non-hydrogen) atoms. The molecular weight excluding hydrogens is 429 g/mol. The summed E-state index contributed by atoms with van der Waals surface area (Å²) in [6.07, 6.45) is 1.61. The Morgan fingerprint density at radius 2 is 1.67 bits per heavy atom. The van der Waals surface area contributed by atoms with Crippen LogP contribution in [0.25, 0.3) is 16.9 Å². The van der Waals surface area contributed by atoms with Gasteiger partial charge in [0, 0.05) is 10.6 Å². The third kappa shape index (κ3) is 4.04. The van der Waals surface area contributed by atoms with Crippen molar-refractivity contribution in [2.75, 3.05) is 0 Å². The highest BCUT2D eigenvalue weighted by molar-refractivity contribution is 6.35. The maximum Gasteiger partial charge on any atom is 0.191 e. The number of hydrogen-bond acceptors (Lipinski definition) is 2.